The lowest BCUT2D eigenvalue weighted by atomic mass is 10.0. The molecule has 1 amide bonds. The van der Waals surface area contributed by atoms with E-state index in [0.717, 1.165) is 12.8 Å². The quantitative estimate of drug-likeness (QED) is 0.854. The van der Waals surface area contributed by atoms with Gasteiger partial charge < -0.3 is 19.9 Å². The normalized spacial score (nSPS) is 15.9. The zero-order valence-corrected chi connectivity index (χ0v) is 13.4. The summed E-state index contributed by atoms with van der Waals surface area (Å²) in [6.45, 7) is 0. The second-order valence-electron chi connectivity index (χ2n) is 5.61. The number of amides is 1. The van der Waals surface area contributed by atoms with Crippen molar-refractivity contribution in [3.63, 3.8) is 0 Å². The highest BCUT2D eigenvalue weighted by atomic mass is 16.5. The minimum Gasteiger partial charge on any atom is -0.478 e. The fraction of sp³-hybridized carbons (Fsp3) is 0.158. The summed E-state index contributed by atoms with van der Waals surface area (Å²) < 4.78 is 10.8. The van der Waals surface area contributed by atoms with Crippen LogP contribution in [-0.4, -0.2) is 17.0 Å². The number of allylic oxidation sites excluding steroid dienone is 4. The monoisotopic (exact) mass is 339 g/mol. The number of anilines is 1. The predicted molar refractivity (Wildman–Crippen MR) is 91.4 cm³/mol. The molecular weight excluding hydrogens is 322 g/mol. The fourth-order valence-corrected chi connectivity index (χ4v) is 2.45. The van der Waals surface area contributed by atoms with E-state index in [1.807, 2.05) is 12.2 Å². The topological polar surface area (TPSA) is 84.9 Å². The number of carboxylic acids is 1. The van der Waals surface area contributed by atoms with Crippen molar-refractivity contribution < 1.29 is 24.2 Å². The van der Waals surface area contributed by atoms with E-state index in [1.165, 1.54) is 42.4 Å². The number of rotatable bonds is 5. The summed E-state index contributed by atoms with van der Waals surface area (Å²) in [4.78, 5) is 23.1. The lowest BCUT2D eigenvalue weighted by molar-refractivity contribution is -0.116. The van der Waals surface area contributed by atoms with Crippen LogP contribution in [0.3, 0.4) is 0 Å². The van der Waals surface area contributed by atoms with Gasteiger partial charge in [0.1, 0.15) is 18.3 Å². The summed E-state index contributed by atoms with van der Waals surface area (Å²) in [5.41, 5.74) is 1.83. The molecule has 2 aliphatic rings. The molecule has 6 heteroatoms. The Labute approximate surface area is 144 Å². The summed E-state index contributed by atoms with van der Waals surface area (Å²) in [6.07, 6.45) is 11.4. The van der Waals surface area contributed by atoms with Gasteiger partial charge in [0.2, 0.25) is 5.76 Å². The SMILES string of the molecule is O=C(Nc1ccc(C(=O)O)cc1)C1=COC=C(CC2=CC=CCC2)O1. The van der Waals surface area contributed by atoms with Crippen LogP contribution in [0.5, 0.6) is 0 Å². The summed E-state index contributed by atoms with van der Waals surface area (Å²) in [5, 5.41) is 11.5. The first-order chi connectivity index (χ1) is 12.1. The molecule has 1 aliphatic heterocycles. The molecule has 1 heterocycles. The molecule has 0 radical (unpaired) electrons. The maximum Gasteiger partial charge on any atom is 0.335 e. The highest BCUT2D eigenvalue weighted by molar-refractivity contribution is 6.02. The number of nitrogens with one attached hydrogen (secondary N) is 1. The van der Waals surface area contributed by atoms with Crippen molar-refractivity contribution in [3.05, 3.63) is 77.7 Å². The molecule has 0 unspecified atom stereocenters. The first kappa shape index (κ1) is 16.6. The summed E-state index contributed by atoms with van der Waals surface area (Å²) in [5.74, 6) is -0.875. The van der Waals surface area contributed by atoms with E-state index in [1.54, 1.807) is 0 Å². The van der Waals surface area contributed by atoms with Crippen molar-refractivity contribution in [2.45, 2.75) is 19.3 Å². The zero-order valence-electron chi connectivity index (χ0n) is 13.4. The van der Waals surface area contributed by atoms with Crippen LogP contribution in [-0.2, 0) is 14.3 Å². The van der Waals surface area contributed by atoms with Gasteiger partial charge in [-0.25, -0.2) is 4.79 Å². The maximum atomic E-state index is 12.3. The Balaban J connectivity index is 1.59. The Hall–Kier alpha value is -3.28. The number of ether oxygens (including phenoxy) is 2. The van der Waals surface area contributed by atoms with Crippen LogP contribution in [0.2, 0.25) is 0 Å². The smallest absolute Gasteiger partial charge is 0.335 e. The van der Waals surface area contributed by atoms with Crippen LogP contribution in [0, 0.1) is 0 Å². The predicted octanol–water partition coefficient (Wildman–Crippen LogP) is 3.72. The molecule has 0 spiro atoms. The number of carbonyl (C=O) groups is 2. The van der Waals surface area contributed by atoms with Crippen LogP contribution in [0.4, 0.5) is 5.69 Å². The Bertz CT molecular complexity index is 800. The minimum absolute atomic E-state index is 0.0479. The first-order valence-electron chi connectivity index (χ1n) is 7.83. The third-order valence-corrected chi connectivity index (χ3v) is 3.73. The van der Waals surface area contributed by atoms with Gasteiger partial charge in [-0.2, -0.15) is 0 Å². The molecule has 25 heavy (non-hydrogen) atoms. The highest BCUT2D eigenvalue weighted by Gasteiger charge is 2.19. The second-order valence-corrected chi connectivity index (χ2v) is 5.61. The van der Waals surface area contributed by atoms with E-state index in [0.29, 0.717) is 17.9 Å². The third kappa shape index (κ3) is 4.38. The molecule has 0 atom stereocenters. The molecule has 6 nitrogen and oxygen atoms in total. The van der Waals surface area contributed by atoms with E-state index >= 15 is 0 Å². The number of carbonyl (C=O) groups excluding carboxylic acids is 1. The van der Waals surface area contributed by atoms with Crippen LogP contribution in [0.15, 0.2) is 72.1 Å². The van der Waals surface area contributed by atoms with Gasteiger partial charge in [-0.1, -0.05) is 23.8 Å². The first-order valence-corrected chi connectivity index (χ1v) is 7.83. The van der Waals surface area contributed by atoms with Gasteiger partial charge in [0.05, 0.1) is 5.56 Å². The molecule has 0 aromatic heterocycles. The molecule has 1 aromatic carbocycles. The van der Waals surface area contributed by atoms with E-state index in [9.17, 15) is 9.59 Å². The molecule has 1 aliphatic carbocycles. The lowest BCUT2D eigenvalue weighted by Crippen LogP contribution is -2.18. The van der Waals surface area contributed by atoms with Gasteiger partial charge in [0.25, 0.3) is 5.91 Å². The standard InChI is InChI=1S/C19H17NO5/c21-18(20-15-8-6-14(7-9-15)19(22)23)17-12-24-11-16(25-17)10-13-4-2-1-3-5-13/h1-2,4,6-9,11-12H,3,5,10H2,(H,20,21)(H,22,23). The zero-order chi connectivity index (χ0) is 17.6. The number of hydrogen-bond donors (Lipinski definition) is 2. The van der Waals surface area contributed by atoms with Crippen molar-refractivity contribution in [2.75, 3.05) is 5.32 Å². The second kappa shape index (κ2) is 7.53. The average molecular weight is 339 g/mol. The van der Waals surface area contributed by atoms with Gasteiger partial charge in [-0.3, -0.25) is 4.79 Å². The average Bonchev–Trinajstić information content (AvgIpc) is 2.63. The molecular formula is C19H17NO5. The fourth-order valence-electron chi connectivity index (χ4n) is 2.45. The van der Waals surface area contributed by atoms with Crippen molar-refractivity contribution in [1.29, 1.82) is 0 Å². The van der Waals surface area contributed by atoms with Gasteiger partial charge in [0, 0.05) is 12.1 Å². The van der Waals surface area contributed by atoms with Crippen LogP contribution < -0.4 is 5.32 Å². The number of benzene rings is 1. The molecule has 1 aromatic rings. The number of aromatic carboxylic acids is 1. The summed E-state index contributed by atoms with van der Waals surface area (Å²) in [6, 6.07) is 5.86. The van der Waals surface area contributed by atoms with Gasteiger partial charge >= 0.3 is 5.97 Å². The lowest BCUT2D eigenvalue weighted by Gasteiger charge is -2.18. The molecule has 0 fully saturated rings. The Morgan fingerprint density at radius 3 is 2.64 bits per heavy atom. The van der Waals surface area contributed by atoms with Gasteiger partial charge in [0.15, 0.2) is 0 Å². The Morgan fingerprint density at radius 1 is 1.16 bits per heavy atom. The van der Waals surface area contributed by atoms with Crippen LogP contribution in [0.25, 0.3) is 0 Å². The third-order valence-electron chi connectivity index (χ3n) is 3.73. The summed E-state index contributed by atoms with van der Waals surface area (Å²) >= 11 is 0. The molecule has 0 saturated heterocycles. The van der Waals surface area contributed by atoms with Crippen molar-refractivity contribution in [1.82, 2.24) is 0 Å². The van der Waals surface area contributed by atoms with Crippen molar-refractivity contribution in [3.8, 4) is 0 Å². The molecule has 0 saturated carbocycles. The maximum absolute atomic E-state index is 12.3. The van der Waals surface area contributed by atoms with Gasteiger partial charge in [-0.05, 0) is 37.1 Å². The van der Waals surface area contributed by atoms with Crippen molar-refractivity contribution in [2.24, 2.45) is 0 Å². The Kier molecular flexibility index (Phi) is 4.99. The van der Waals surface area contributed by atoms with E-state index in [2.05, 4.69) is 11.4 Å². The number of carboxylic acid groups (broad SMARTS) is 1. The molecule has 0 bridgehead atoms. The van der Waals surface area contributed by atoms with Crippen LogP contribution >= 0.6 is 0 Å². The van der Waals surface area contributed by atoms with Crippen molar-refractivity contribution >= 4 is 17.6 Å². The highest BCUT2D eigenvalue weighted by Crippen LogP contribution is 2.25. The largest absolute Gasteiger partial charge is 0.478 e. The number of hydrogen-bond acceptors (Lipinski definition) is 4. The Morgan fingerprint density at radius 2 is 1.96 bits per heavy atom. The molecule has 2 N–H and O–H groups in total. The summed E-state index contributed by atoms with van der Waals surface area (Å²) in [7, 11) is 0. The van der Waals surface area contributed by atoms with Crippen LogP contribution in [0.1, 0.15) is 29.6 Å². The van der Waals surface area contributed by atoms with Gasteiger partial charge in [-0.15, -0.1) is 0 Å². The molecule has 3 rings (SSSR count). The minimum atomic E-state index is -1.02. The van der Waals surface area contributed by atoms with E-state index in [4.69, 9.17) is 14.6 Å². The molecule has 128 valence electrons. The van der Waals surface area contributed by atoms with E-state index < -0.39 is 11.9 Å². The van der Waals surface area contributed by atoms with E-state index in [-0.39, 0.29) is 11.3 Å².